The molecule has 0 saturated heterocycles. The van der Waals surface area contributed by atoms with E-state index in [-0.39, 0.29) is 0 Å². The molecule has 5 rings (SSSR count). The molecule has 0 fully saturated rings. The second-order valence-electron chi connectivity index (χ2n) is 10.7. The molecule has 0 N–H and O–H groups in total. The number of rotatable bonds is 5. The lowest BCUT2D eigenvalue weighted by Gasteiger charge is -2.24. The third-order valence-corrected chi connectivity index (χ3v) is 11.2. The van der Waals surface area contributed by atoms with Crippen molar-refractivity contribution in [2.75, 3.05) is 0 Å². The predicted octanol–water partition coefficient (Wildman–Crippen LogP) is 7.25. The first kappa shape index (κ1) is 22.9. The summed E-state index contributed by atoms with van der Waals surface area (Å²) in [5, 5.41) is 5.16. The molecule has 0 aliphatic rings. The van der Waals surface area contributed by atoms with Crippen molar-refractivity contribution >= 4 is 29.2 Å². The summed E-state index contributed by atoms with van der Waals surface area (Å²) in [7, 11) is 0.169. The van der Waals surface area contributed by atoms with E-state index in [0.717, 1.165) is 11.1 Å². The second-order valence-corrected chi connectivity index (χ2v) is 15.1. The molecule has 36 heavy (non-hydrogen) atoms. The van der Waals surface area contributed by atoms with E-state index < -0.39 is 8.07 Å². The van der Waals surface area contributed by atoms with Gasteiger partial charge >= 0.3 is 0 Å². The summed E-state index contributed by atoms with van der Waals surface area (Å²) < 4.78 is 10.9. The Morgan fingerprint density at radius 3 is 2.08 bits per heavy atom. The monoisotopic (exact) mass is 487 g/mol. The molecule has 5 aromatic rings. The topological polar surface area (TPSA) is 3.88 Å². The zero-order valence-corrected chi connectivity index (χ0v) is 23.3. The minimum Gasteiger partial charge on any atom is -0.200 e. The highest BCUT2D eigenvalue weighted by Gasteiger charge is 2.27. The molecule has 0 unspecified atom stereocenters. The molecule has 0 bridgehead atoms. The fourth-order valence-electron chi connectivity index (χ4n) is 5.43. The summed E-state index contributed by atoms with van der Waals surface area (Å²) in [6, 6.07) is 35.2. The second kappa shape index (κ2) is 9.52. The van der Waals surface area contributed by atoms with Gasteiger partial charge in [-0.25, -0.2) is 4.57 Å². The molecule has 0 radical (unpaired) electrons. The first-order valence-electron chi connectivity index (χ1n) is 13.4. The van der Waals surface area contributed by atoms with E-state index in [1.165, 1.54) is 43.6 Å². The predicted molar refractivity (Wildman–Crippen MR) is 158 cm³/mol. The molecule has 0 spiro atoms. The van der Waals surface area contributed by atoms with Crippen LogP contribution >= 0.6 is 0 Å². The number of nitrogens with zero attached hydrogens (tertiary/aromatic N) is 1. The zero-order chi connectivity index (χ0) is 26.3. The lowest BCUT2D eigenvalue weighted by molar-refractivity contribution is -0.659. The summed E-state index contributed by atoms with van der Waals surface area (Å²) in [6.07, 6.45) is 0.523. The minimum atomic E-state index is -1.86. The summed E-state index contributed by atoms with van der Waals surface area (Å²) in [4.78, 5) is 0. The lowest BCUT2D eigenvalue weighted by Crippen LogP contribution is -2.52. The lowest BCUT2D eigenvalue weighted by atomic mass is 9.87. The Hall–Kier alpha value is -3.49. The maximum Gasteiger partial charge on any atom is 0.220 e. The van der Waals surface area contributed by atoms with E-state index in [0.29, 0.717) is 12.1 Å². The molecule has 180 valence electrons. The van der Waals surface area contributed by atoms with Gasteiger partial charge in [-0.05, 0) is 52.6 Å². The number of hydrogen-bond acceptors (Lipinski definition) is 0. The Morgan fingerprint density at radius 1 is 0.750 bits per heavy atom. The van der Waals surface area contributed by atoms with Crippen molar-refractivity contribution in [1.82, 2.24) is 0 Å². The molecule has 1 nitrogen and oxygen atoms in total. The van der Waals surface area contributed by atoms with Gasteiger partial charge in [0, 0.05) is 6.07 Å². The van der Waals surface area contributed by atoms with Gasteiger partial charge in [0.1, 0.15) is 16.5 Å². The maximum atomic E-state index is 8.88. The van der Waals surface area contributed by atoms with Crippen LogP contribution in [0.15, 0.2) is 103 Å². The fourth-order valence-corrected chi connectivity index (χ4v) is 7.80. The van der Waals surface area contributed by atoms with Crippen LogP contribution in [0.1, 0.15) is 32.3 Å². The summed E-state index contributed by atoms with van der Waals surface area (Å²) in [5.74, 6) is 0.405. The molecule has 0 aliphatic heterocycles. The Morgan fingerprint density at radius 2 is 1.42 bits per heavy atom. The number of hydrogen-bond donors (Lipinski definition) is 0. The fraction of sp³-hybridized carbons (Fsp3) is 0.206. The summed E-state index contributed by atoms with van der Waals surface area (Å²) in [5.41, 5.74) is 7.42. The van der Waals surface area contributed by atoms with Gasteiger partial charge in [-0.2, -0.15) is 0 Å². The summed E-state index contributed by atoms with van der Waals surface area (Å²) >= 11 is 0. The maximum absolute atomic E-state index is 8.88. The van der Waals surface area contributed by atoms with Crippen LogP contribution in [0.4, 0.5) is 0 Å². The van der Waals surface area contributed by atoms with Crippen molar-refractivity contribution in [2.24, 2.45) is 7.05 Å². The number of fused-ring (bicyclic) bond motifs is 1. The van der Waals surface area contributed by atoms with Gasteiger partial charge in [0.2, 0.25) is 5.69 Å². The first-order chi connectivity index (χ1) is 17.7. The standard InChI is InChI=1S/C34H36NSi/c1-24(2)32-22-28(26-13-9-7-10-14-26)23-33(25(32)3)34-31-18-17-30(21-27(31)19-20-35(34)4)36(5,6)29-15-11-8-12-16-29/h7-24H,1-6H3/q+1/i20D. The molecule has 0 aliphatic carbocycles. The van der Waals surface area contributed by atoms with Crippen molar-refractivity contribution in [1.29, 1.82) is 0 Å². The molecule has 0 saturated carbocycles. The van der Waals surface area contributed by atoms with E-state index in [4.69, 9.17) is 1.37 Å². The molecule has 2 heteroatoms. The number of aromatic nitrogens is 1. The van der Waals surface area contributed by atoms with Gasteiger partial charge in [0.15, 0.2) is 6.17 Å². The Labute approximate surface area is 218 Å². The zero-order valence-electron chi connectivity index (χ0n) is 23.3. The van der Waals surface area contributed by atoms with Gasteiger partial charge < -0.3 is 0 Å². The first-order valence-corrected chi connectivity index (χ1v) is 15.9. The smallest absolute Gasteiger partial charge is 0.200 e. The number of pyridine rings is 1. The van der Waals surface area contributed by atoms with Gasteiger partial charge in [0.25, 0.3) is 0 Å². The van der Waals surface area contributed by atoms with E-state index in [2.05, 4.69) is 125 Å². The van der Waals surface area contributed by atoms with Crippen molar-refractivity contribution in [3.05, 3.63) is 114 Å². The van der Waals surface area contributed by atoms with Crippen LogP contribution in [0.5, 0.6) is 0 Å². The SMILES string of the molecule is [2H]c1cc2cc([Si](C)(C)c3ccccc3)ccc2c(-c2cc(-c3ccccc3)cc(C(C)C)c2C)[n+]1C. The quantitative estimate of drug-likeness (QED) is 0.181. The number of benzene rings is 4. The van der Waals surface area contributed by atoms with Crippen molar-refractivity contribution in [2.45, 2.75) is 39.8 Å². The highest BCUT2D eigenvalue weighted by molar-refractivity contribution is 7.00. The minimum absolute atomic E-state index is 0.405. The highest BCUT2D eigenvalue weighted by Crippen LogP contribution is 2.36. The Kier molecular flexibility index (Phi) is 6.06. The van der Waals surface area contributed by atoms with Gasteiger partial charge in [0.05, 0.1) is 10.9 Å². The van der Waals surface area contributed by atoms with Crippen LogP contribution in [0, 0.1) is 6.92 Å². The third kappa shape index (κ3) is 4.31. The van der Waals surface area contributed by atoms with Gasteiger partial charge in [-0.3, -0.25) is 0 Å². The van der Waals surface area contributed by atoms with Crippen LogP contribution in [-0.2, 0) is 7.05 Å². The van der Waals surface area contributed by atoms with E-state index in [9.17, 15) is 0 Å². The molecular formula is C34H36NSi+. The molecule has 4 aromatic carbocycles. The molecule has 0 amide bonds. The third-order valence-electron chi connectivity index (χ3n) is 7.71. The van der Waals surface area contributed by atoms with Crippen LogP contribution < -0.4 is 14.9 Å². The molecule has 1 heterocycles. The molecular weight excluding hydrogens is 450 g/mol. The van der Waals surface area contributed by atoms with Gasteiger partial charge in [-0.15, -0.1) is 0 Å². The van der Waals surface area contributed by atoms with Crippen molar-refractivity contribution in [3.8, 4) is 22.4 Å². The molecule has 0 atom stereocenters. The van der Waals surface area contributed by atoms with E-state index in [1.54, 1.807) is 0 Å². The van der Waals surface area contributed by atoms with Crippen LogP contribution in [0.2, 0.25) is 13.1 Å². The van der Waals surface area contributed by atoms with Crippen molar-refractivity contribution < 1.29 is 5.94 Å². The highest BCUT2D eigenvalue weighted by atomic mass is 28.3. The van der Waals surface area contributed by atoms with E-state index >= 15 is 0 Å². The average molecular weight is 488 g/mol. The van der Waals surface area contributed by atoms with Crippen molar-refractivity contribution in [3.63, 3.8) is 0 Å². The molecule has 1 aromatic heterocycles. The van der Waals surface area contributed by atoms with E-state index in [1.807, 2.05) is 17.7 Å². The van der Waals surface area contributed by atoms with Crippen LogP contribution in [0.3, 0.4) is 0 Å². The Balaban J connectivity index is 1.77. The van der Waals surface area contributed by atoms with Crippen LogP contribution in [0.25, 0.3) is 33.2 Å². The van der Waals surface area contributed by atoms with Gasteiger partial charge in [-0.1, -0.05) is 116 Å². The summed E-state index contributed by atoms with van der Waals surface area (Å²) in [6.45, 7) is 11.6. The largest absolute Gasteiger partial charge is 0.220 e. The Bertz CT molecular complexity index is 1590. The normalized spacial score (nSPS) is 12.2. The average Bonchev–Trinajstić information content (AvgIpc) is 2.90. The van der Waals surface area contributed by atoms with Crippen LogP contribution in [-0.4, -0.2) is 8.07 Å².